The fourth-order valence-electron chi connectivity index (χ4n) is 4.61. The maximum absolute atomic E-state index is 11.9. The van der Waals surface area contributed by atoms with Crippen molar-refractivity contribution in [2.75, 3.05) is 6.61 Å². The van der Waals surface area contributed by atoms with Gasteiger partial charge in [0.2, 0.25) is 5.91 Å². The van der Waals surface area contributed by atoms with Crippen LogP contribution in [0.5, 0.6) is 5.75 Å². The molecule has 3 aromatic carbocycles. The van der Waals surface area contributed by atoms with E-state index in [9.17, 15) is 14.7 Å². The van der Waals surface area contributed by atoms with Crippen molar-refractivity contribution in [2.24, 2.45) is 5.92 Å². The summed E-state index contributed by atoms with van der Waals surface area (Å²) in [7, 11) is 0. The van der Waals surface area contributed by atoms with Crippen molar-refractivity contribution in [2.45, 2.75) is 51.9 Å². The van der Waals surface area contributed by atoms with E-state index in [0.29, 0.717) is 25.4 Å². The van der Waals surface area contributed by atoms with E-state index in [4.69, 9.17) is 9.47 Å². The van der Waals surface area contributed by atoms with Crippen LogP contribution in [0.2, 0.25) is 0 Å². The van der Waals surface area contributed by atoms with Gasteiger partial charge in [0.05, 0.1) is 24.4 Å². The van der Waals surface area contributed by atoms with Crippen molar-refractivity contribution in [1.82, 2.24) is 5.32 Å². The molecule has 4 rings (SSSR count). The number of carbonyl (C=O) groups is 2. The van der Waals surface area contributed by atoms with E-state index in [-0.39, 0.29) is 29.7 Å². The van der Waals surface area contributed by atoms with Gasteiger partial charge in [0.25, 0.3) is 0 Å². The lowest BCUT2D eigenvalue weighted by Crippen LogP contribution is -2.39. The highest BCUT2D eigenvalue weighted by Crippen LogP contribution is 2.43. The molecular formula is C30H33NO5. The molecule has 2 N–H and O–H groups in total. The van der Waals surface area contributed by atoms with E-state index in [1.54, 1.807) is 18.2 Å². The Hall–Kier alpha value is -3.64. The number of ether oxygens (including phenoxy) is 2. The van der Waals surface area contributed by atoms with Crippen molar-refractivity contribution < 1.29 is 24.2 Å². The van der Waals surface area contributed by atoms with E-state index in [1.807, 2.05) is 54.6 Å². The van der Waals surface area contributed by atoms with Gasteiger partial charge in [-0.2, -0.15) is 0 Å². The average molecular weight is 488 g/mol. The Balaban J connectivity index is 1.74. The van der Waals surface area contributed by atoms with Crippen LogP contribution in [-0.2, 0) is 9.53 Å². The van der Waals surface area contributed by atoms with Crippen LogP contribution < -0.4 is 10.1 Å². The van der Waals surface area contributed by atoms with Gasteiger partial charge in [-0.05, 0) is 59.7 Å². The van der Waals surface area contributed by atoms with Crippen molar-refractivity contribution >= 4 is 11.9 Å². The van der Waals surface area contributed by atoms with Crippen molar-refractivity contribution in [1.29, 1.82) is 0 Å². The largest absolute Gasteiger partial charge is 0.493 e. The van der Waals surface area contributed by atoms with Gasteiger partial charge in [-0.15, -0.1) is 0 Å². The van der Waals surface area contributed by atoms with Gasteiger partial charge in [0.1, 0.15) is 5.75 Å². The first-order chi connectivity index (χ1) is 17.3. The minimum absolute atomic E-state index is 0.0524. The Morgan fingerprint density at radius 3 is 2.39 bits per heavy atom. The summed E-state index contributed by atoms with van der Waals surface area (Å²) >= 11 is 0. The van der Waals surface area contributed by atoms with E-state index in [0.717, 1.165) is 28.0 Å². The first-order valence-corrected chi connectivity index (χ1v) is 12.4. The van der Waals surface area contributed by atoms with Crippen molar-refractivity contribution in [3.8, 4) is 16.9 Å². The third kappa shape index (κ3) is 6.32. The Bertz CT molecular complexity index is 1210. The van der Waals surface area contributed by atoms with Gasteiger partial charge in [0, 0.05) is 18.5 Å². The molecule has 0 unspecified atom stereocenters. The zero-order valence-corrected chi connectivity index (χ0v) is 20.9. The first-order valence-electron chi connectivity index (χ1n) is 12.4. The monoisotopic (exact) mass is 487 g/mol. The summed E-state index contributed by atoms with van der Waals surface area (Å²) in [5.74, 6) is 0.0553. The van der Waals surface area contributed by atoms with Crippen LogP contribution in [0.1, 0.15) is 67.3 Å². The fourth-order valence-corrected chi connectivity index (χ4v) is 4.61. The number of carboxylic acids is 1. The molecule has 6 heteroatoms. The number of hydrogen-bond donors (Lipinski definition) is 2. The summed E-state index contributed by atoms with van der Waals surface area (Å²) in [6.07, 6.45) is 0.798. The third-order valence-corrected chi connectivity index (χ3v) is 6.28. The number of benzene rings is 3. The third-order valence-electron chi connectivity index (χ3n) is 6.28. The second kappa shape index (κ2) is 11.4. The van der Waals surface area contributed by atoms with Crippen LogP contribution in [0.25, 0.3) is 11.1 Å². The molecule has 1 saturated heterocycles. The quantitative estimate of drug-likeness (QED) is 0.396. The number of carbonyl (C=O) groups excluding carboxylic acids is 1. The molecule has 0 radical (unpaired) electrons. The molecule has 0 saturated carbocycles. The van der Waals surface area contributed by atoms with Crippen LogP contribution >= 0.6 is 0 Å². The summed E-state index contributed by atoms with van der Waals surface area (Å²) in [6.45, 7) is 6.29. The molecule has 0 aliphatic carbocycles. The summed E-state index contributed by atoms with van der Waals surface area (Å²) in [5.41, 5.74) is 3.88. The van der Waals surface area contributed by atoms with Crippen LogP contribution in [0, 0.1) is 5.92 Å². The number of carboxylic acid groups (broad SMARTS) is 1. The van der Waals surface area contributed by atoms with Gasteiger partial charge in [-0.3, -0.25) is 4.79 Å². The molecule has 36 heavy (non-hydrogen) atoms. The van der Waals surface area contributed by atoms with Crippen LogP contribution in [0.3, 0.4) is 0 Å². The summed E-state index contributed by atoms with van der Waals surface area (Å²) in [4.78, 5) is 23.5. The Morgan fingerprint density at radius 1 is 0.972 bits per heavy atom. The molecule has 1 aliphatic rings. The normalized spacial score (nSPS) is 19.6. The molecule has 1 fully saturated rings. The number of rotatable bonds is 8. The molecule has 1 aliphatic heterocycles. The zero-order valence-electron chi connectivity index (χ0n) is 20.9. The molecule has 188 valence electrons. The van der Waals surface area contributed by atoms with E-state index in [1.165, 1.54) is 6.92 Å². The number of aromatic carboxylic acids is 1. The smallest absolute Gasteiger partial charge is 0.335 e. The van der Waals surface area contributed by atoms with Crippen molar-refractivity contribution in [3.05, 3.63) is 89.5 Å². The van der Waals surface area contributed by atoms with E-state index in [2.05, 4.69) is 19.2 Å². The fraction of sp³-hybridized carbons (Fsp3) is 0.333. The van der Waals surface area contributed by atoms with E-state index >= 15 is 0 Å². The van der Waals surface area contributed by atoms with Gasteiger partial charge in [-0.1, -0.05) is 62.4 Å². The summed E-state index contributed by atoms with van der Waals surface area (Å²) in [6, 6.07) is 22.8. The van der Waals surface area contributed by atoms with E-state index < -0.39 is 5.97 Å². The Morgan fingerprint density at radius 2 is 1.69 bits per heavy atom. The summed E-state index contributed by atoms with van der Waals surface area (Å²) in [5, 5.41) is 12.5. The predicted molar refractivity (Wildman–Crippen MR) is 139 cm³/mol. The topological polar surface area (TPSA) is 84.9 Å². The average Bonchev–Trinajstić information content (AvgIpc) is 2.87. The molecule has 3 atom stereocenters. The SMILES string of the molecule is CC(=O)N[C@H]1C[C@@H](c2ccccc2)O[C@@H](c2cc(-c3cccc(C(=O)O)c3)ccc2OCC(C)C)C1. The predicted octanol–water partition coefficient (Wildman–Crippen LogP) is 6.18. The molecule has 0 bridgehead atoms. The van der Waals surface area contributed by atoms with Crippen LogP contribution in [-0.4, -0.2) is 29.6 Å². The number of hydrogen-bond acceptors (Lipinski definition) is 4. The molecule has 0 spiro atoms. The van der Waals surface area contributed by atoms with Gasteiger partial charge < -0.3 is 19.9 Å². The summed E-state index contributed by atoms with van der Waals surface area (Å²) < 4.78 is 12.8. The van der Waals surface area contributed by atoms with Gasteiger partial charge in [0.15, 0.2) is 0 Å². The lowest BCUT2D eigenvalue weighted by molar-refractivity contribution is -0.122. The van der Waals surface area contributed by atoms with Crippen LogP contribution in [0.4, 0.5) is 0 Å². The first kappa shape index (κ1) is 25.5. The molecule has 1 amide bonds. The van der Waals surface area contributed by atoms with Crippen molar-refractivity contribution in [3.63, 3.8) is 0 Å². The number of nitrogens with one attached hydrogen (secondary N) is 1. The standard InChI is InChI=1S/C30H33NO5/c1-19(2)18-35-27-13-12-23(22-10-7-11-24(14-22)30(33)34)15-26(27)29-17-25(31-20(3)32)16-28(36-29)21-8-5-4-6-9-21/h4-15,19,25,28-29H,16-18H2,1-3H3,(H,31,32)(H,33,34)/t25-,28-,29+/m0/s1. The zero-order chi connectivity index (χ0) is 25.7. The molecule has 0 aromatic heterocycles. The lowest BCUT2D eigenvalue weighted by atomic mass is 9.89. The minimum Gasteiger partial charge on any atom is -0.493 e. The van der Waals surface area contributed by atoms with Gasteiger partial charge >= 0.3 is 5.97 Å². The van der Waals surface area contributed by atoms with Crippen LogP contribution in [0.15, 0.2) is 72.8 Å². The minimum atomic E-state index is -0.964. The molecule has 3 aromatic rings. The second-order valence-corrected chi connectivity index (χ2v) is 9.74. The lowest BCUT2D eigenvalue weighted by Gasteiger charge is -2.37. The highest BCUT2D eigenvalue weighted by Gasteiger charge is 2.33. The maximum atomic E-state index is 11.9. The molecular weight excluding hydrogens is 454 g/mol. The Kier molecular flexibility index (Phi) is 8.06. The number of amides is 1. The second-order valence-electron chi connectivity index (χ2n) is 9.74. The highest BCUT2D eigenvalue weighted by molar-refractivity contribution is 5.89. The Labute approximate surface area is 212 Å². The molecule has 6 nitrogen and oxygen atoms in total. The highest BCUT2D eigenvalue weighted by atomic mass is 16.5. The molecule has 1 heterocycles. The maximum Gasteiger partial charge on any atom is 0.335 e. The van der Waals surface area contributed by atoms with Gasteiger partial charge in [-0.25, -0.2) is 4.79 Å².